The first-order valence-corrected chi connectivity index (χ1v) is 11.7. The van der Waals surface area contributed by atoms with Crippen LogP contribution in [0.3, 0.4) is 0 Å². The Bertz CT molecular complexity index is 1230. The average molecular weight is 472 g/mol. The summed E-state index contributed by atoms with van der Waals surface area (Å²) in [6, 6.07) is 9.83. The van der Waals surface area contributed by atoms with Gasteiger partial charge in [0.1, 0.15) is 5.82 Å². The monoisotopic (exact) mass is 471 g/mol. The highest BCUT2D eigenvalue weighted by atomic mass is 19.4. The summed E-state index contributed by atoms with van der Waals surface area (Å²) in [6.07, 6.45) is -2.16. The molecule has 6 nitrogen and oxygen atoms in total. The van der Waals surface area contributed by atoms with Crippen molar-refractivity contribution in [3.63, 3.8) is 0 Å². The van der Waals surface area contributed by atoms with Gasteiger partial charge in [0, 0.05) is 36.7 Å². The number of fused-ring (bicyclic) bond motifs is 2. The largest absolute Gasteiger partial charge is 0.389 e. The van der Waals surface area contributed by atoms with Gasteiger partial charge in [-0.25, -0.2) is 9.78 Å². The molecule has 34 heavy (non-hydrogen) atoms. The maximum absolute atomic E-state index is 12.7. The molecular formula is C25H28F3N5O. The molecule has 2 heterocycles. The van der Waals surface area contributed by atoms with E-state index in [-0.39, 0.29) is 37.5 Å². The molecule has 1 saturated carbocycles. The smallest absolute Gasteiger partial charge is 0.342 e. The predicted molar refractivity (Wildman–Crippen MR) is 125 cm³/mol. The lowest BCUT2D eigenvalue weighted by Gasteiger charge is -2.37. The van der Waals surface area contributed by atoms with Crippen LogP contribution in [0.15, 0.2) is 30.3 Å². The fraction of sp³-hybridized carbons (Fsp3) is 0.440. The molecule has 1 aromatic heterocycles. The lowest BCUT2D eigenvalue weighted by molar-refractivity contribution is -0.135. The quantitative estimate of drug-likeness (QED) is 0.421. The number of anilines is 1. The van der Waals surface area contributed by atoms with Gasteiger partial charge in [0.25, 0.3) is 0 Å². The summed E-state index contributed by atoms with van der Waals surface area (Å²) < 4.78 is 38.1. The number of aromatic amines is 1. The van der Waals surface area contributed by atoms with E-state index in [0.717, 1.165) is 52.1 Å². The summed E-state index contributed by atoms with van der Waals surface area (Å²) in [4.78, 5) is 22.7. The molecule has 3 aromatic rings. The van der Waals surface area contributed by atoms with Crippen LogP contribution in [-0.4, -0.2) is 33.1 Å². The molecule has 180 valence electrons. The minimum Gasteiger partial charge on any atom is -0.342 e. The van der Waals surface area contributed by atoms with Crippen molar-refractivity contribution in [2.24, 2.45) is 5.73 Å². The van der Waals surface area contributed by atoms with E-state index in [0.29, 0.717) is 11.9 Å². The summed E-state index contributed by atoms with van der Waals surface area (Å²) in [5.74, 6) is 0.733. The highest BCUT2D eigenvalue weighted by Gasteiger charge is 2.40. The van der Waals surface area contributed by atoms with Gasteiger partial charge in [0.15, 0.2) is 0 Å². The highest BCUT2D eigenvalue weighted by molar-refractivity contribution is 5.94. The van der Waals surface area contributed by atoms with E-state index in [1.54, 1.807) is 0 Å². The molecule has 5 rings (SSSR count). The van der Waals surface area contributed by atoms with Crippen LogP contribution in [0.2, 0.25) is 0 Å². The molecule has 9 heteroatoms. The van der Waals surface area contributed by atoms with E-state index in [2.05, 4.69) is 17.2 Å². The third-order valence-electron chi connectivity index (χ3n) is 6.82. The van der Waals surface area contributed by atoms with E-state index >= 15 is 0 Å². The van der Waals surface area contributed by atoms with Crippen LogP contribution in [0, 0.1) is 0 Å². The van der Waals surface area contributed by atoms with Crippen LogP contribution in [0.5, 0.6) is 0 Å². The first-order chi connectivity index (χ1) is 16.2. The molecule has 1 fully saturated rings. The van der Waals surface area contributed by atoms with Crippen molar-refractivity contribution in [1.29, 1.82) is 0 Å². The predicted octanol–water partition coefficient (Wildman–Crippen LogP) is 5.57. The van der Waals surface area contributed by atoms with Gasteiger partial charge in [-0.2, -0.15) is 13.2 Å². The molecule has 2 aromatic carbocycles. The van der Waals surface area contributed by atoms with Gasteiger partial charge < -0.3 is 20.9 Å². The molecule has 0 saturated heterocycles. The summed E-state index contributed by atoms with van der Waals surface area (Å²) in [5.41, 5.74) is 11.9. The number of nitrogens with two attached hydrogens (primary N) is 1. The summed E-state index contributed by atoms with van der Waals surface area (Å²) in [5, 5.41) is 3.02. The summed E-state index contributed by atoms with van der Waals surface area (Å²) >= 11 is 0. The first-order valence-electron chi connectivity index (χ1n) is 11.7. The van der Waals surface area contributed by atoms with Crippen molar-refractivity contribution in [3.8, 4) is 0 Å². The number of alkyl halides is 3. The molecule has 1 aliphatic carbocycles. The second kappa shape index (κ2) is 8.61. The zero-order chi connectivity index (χ0) is 24.0. The zero-order valence-corrected chi connectivity index (χ0v) is 19.0. The number of carbonyl (C=O) groups excluding carboxylic acids is 1. The van der Waals surface area contributed by atoms with Crippen LogP contribution in [0.25, 0.3) is 11.0 Å². The second-order valence-corrected chi connectivity index (χ2v) is 9.26. The van der Waals surface area contributed by atoms with Crippen molar-refractivity contribution in [2.45, 2.75) is 70.3 Å². The normalized spacial score (nSPS) is 18.3. The number of H-pyrrole nitrogens is 1. The summed E-state index contributed by atoms with van der Waals surface area (Å²) in [7, 11) is 0. The Morgan fingerprint density at radius 2 is 1.97 bits per heavy atom. The maximum Gasteiger partial charge on any atom is 0.389 e. The van der Waals surface area contributed by atoms with Crippen molar-refractivity contribution in [3.05, 3.63) is 58.4 Å². The van der Waals surface area contributed by atoms with Crippen molar-refractivity contribution in [2.75, 3.05) is 5.32 Å². The molecule has 1 unspecified atom stereocenters. The highest BCUT2D eigenvalue weighted by Crippen LogP contribution is 2.42. The topological polar surface area (TPSA) is 87.0 Å². The Morgan fingerprint density at radius 3 is 2.68 bits per heavy atom. The second-order valence-electron chi connectivity index (χ2n) is 9.26. The standard InChI is InChI=1S/C25H28F3N5O/c1-14-22-15(4-2-6-19(22)31-24(34)33(14)17-8-9-17)12-21-30-20-10-7-16(13-29)18(23(20)32-21)5-3-11-25(26,27)28/h2,4,6-7,10,14,17H,3,5,8-9,11-13,29H2,1H3,(H,30,32)(H,31,34). The van der Waals surface area contributed by atoms with Crippen LogP contribution in [0.1, 0.15) is 66.7 Å². The Hall–Kier alpha value is -3.07. The molecule has 0 radical (unpaired) electrons. The third kappa shape index (κ3) is 4.36. The number of aromatic nitrogens is 2. The Labute approximate surface area is 195 Å². The Kier molecular flexibility index (Phi) is 5.75. The molecular weight excluding hydrogens is 443 g/mol. The minimum atomic E-state index is -4.18. The number of nitrogens with zero attached hydrogens (tertiary/aromatic N) is 2. The number of urea groups is 1. The molecule has 1 aliphatic heterocycles. The average Bonchev–Trinajstić information content (AvgIpc) is 3.51. The number of halogens is 3. The SMILES string of the molecule is CC1c2c(Cc3nc4c(CCCC(F)(F)F)c(CN)ccc4[nH]3)cccc2NC(=O)N1C1CC1. The summed E-state index contributed by atoms with van der Waals surface area (Å²) in [6.45, 7) is 2.31. The fourth-order valence-electron chi connectivity index (χ4n) is 5.12. The first kappa shape index (κ1) is 22.7. The number of hydrogen-bond acceptors (Lipinski definition) is 3. The molecule has 2 amide bonds. The van der Waals surface area contributed by atoms with Gasteiger partial charge in [-0.05, 0) is 61.4 Å². The lowest BCUT2D eigenvalue weighted by atomic mass is 9.94. The Morgan fingerprint density at radius 1 is 1.18 bits per heavy atom. The number of aryl methyl sites for hydroxylation is 1. The van der Waals surface area contributed by atoms with Gasteiger partial charge in [0.2, 0.25) is 0 Å². The molecule has 2 aliphatic rings. The van der Waals surface area contributed by atoms with E-state index < -0.39 is 12.6 Å². The van der Waals surface area contributed by atoms with Gasteiger partial charge in [0.05, 0.1) is 17.1 Å². The van der Waals surface area contributed by atoms with Crippen molar-refractivity contribution >= 4 is 22.8 Å². The van der Waals surface area contributed by atoms with Gasteiger partial charge in [-0.15, -0.1) is 0 Å². The van der Waals surface area contributed by atoms with E-state index in [4.69, 9.17) is 10.7 Å². The van der Waals surface area contributed by atoms with E-state index in [9.17, 15) is 18.0 Å². The third-order valence-corrected chi connectivity index (χ3v) is 6.82. The number of amides is 2. The van der Waals surface area contributed by atoms with Crippen LogP contribution >= 0.6 is 0 Å². The number of nitrogens with one attached hydrogen (secondary N) is 2. The van der Waals surface area contributed by atoms with E-state index in [1.807, 2.05) is 35.2 Å². The molecule has 4 N–H and O–H groups in total. The van der Waals surface area contributed by atoms with E-state index in [1.165, 1.54) is 0 Å². The number of carbonyl (C=O) groups is 1. The van der Waals surface area contributed by atoms with Crippen molar-refractivity contribution < 1.29 is 18.0 Å². The fourth-order valence-corrected chi connectivity index (χ4v) is 5.12. The molecule has 0 bridgehead atoms. The van der Waals surface area contributed by atoms with Gasteiger partial charge >= 0.3 is 12.2 Å². The number of rotatable bonds is 7. The molecule has 0 spiro atoms. The van der Waals surface area contributed by atoms with Crippen molar-refractivity contribution in [1.82, 2.24) is 14.9 Å². The van der Waals surface area contributed by atoms with Gasteiger partial charge in [-0.3, -0.25) is 0 Å². The number of hydrogen-bond donors (Lipinski definition) is 3. The number of imidazole rings is 1. The van der Waals surface area contributed by atoms with Crippen LogP contribution < -0.4 is 11.1 Å². The number of benzene rings is 2. The van der Waals surface area contributed by atoms with Crippen LogP contribution in [0.4, 0.5) is 23.7 Å². The minimum absolute atomic E-state index is 0.00177. The lowest BCUT2D eigenvalue weighted by Crippen LogP contribution is -2.43. The Balaban J connectivity index is 1.46. The van der Waals surface area contributed by atoms with Gasteiger partial charge in [-0.1, -0.05) is 18.2 Å². The maximum atomic E-state index is 12.7. The zero-order valence-electron chi connectivity index (χ0n) is 19.0. The van der Waals surface area contributed by atoms with Crippen LogP contribution in [-0.2, 0) is 19.4 Å². The molecule has 1 atom stereocenters.